The van der Waals surface area contributed by atoms with Crippen molar-refractivity contribution in [3.63, 3.8) is 0 Å². The zero-order valence-corrected chi connectivity index (χ0v) is 7.31. The fourth-order valence-electron chi connectivity index (χ4n) is 1.71. The Hall–Kier alpha value is -0.0800. The highest BCUT2D eigenvalue weighted by Gasteiger charge is 2.09. The molecule has 0 bridgehead atoms. The summed E-state index contributed by atoms with van der Waals surface area (Å²) in [5.41, 5.74) is 5.46. The van der Waals surface area contributed by atoms with Gasteiger partial charge < -0.3 is 11.1 Å². The third-order valence-electron chi connectivity index (χ3n) is 2.42. The molecule has 70 valence electrons. The predicted octanol–water partition coefficient (Wildman–Crippen LogP) is 1.75. The molecule has 3 N–H and O–H groups in total. The molecule has 0 aliphatic carbocycles. The quantitative estimate of drug-likeness (QED) is 0.660. The van der Waals surface area contributed by atoms with Gasteiger partial charge in [-0.2, -0.15) is 0 Å². The van der Waals surface area contributed by atoms with E-state index in [2.05, 4.69) is 5.32 Å². The van der Waals surface area contributed by atoms with Gasteiger partial charge in [0.25, 0.3) is 0 Å². The summed E-state index contributed by atoms with van der Waals surface area (Å²) in [5, 5.41) is 3.56. The molecule has 0 radical (unpaired) electrons. The Morgan fingerprint density at radius 1 is 1.36 bits per heavy atom. The second kappa shape index (κ2) is 5.56. The molecule has 0 saturated carbocycles. The fourth-order valence-corrected chi connectivity index (χ4v) is 1.71. The molecule has 1 aliphatic heterocycles. The van der Waals surface area contributed by atoms with E-state index < -0.39 is 0 Å². The van der Waals surface area contributed by atoms with Gasteiger partial charge in [0.1, 0.15) is 0 Å². The fraction of sp³-hybridized carbons (Fsp3) is 1.00. The van der Waals surface area contributed by atoms with Crippen LogP contribution >= 0.6 is 0 Å². The molecule has 2 heteroatoms. The Kier molecular flexibility index (Phi) is 4.55. The minimum atomic E-state index is 0. The summed E-state index contributed by atoms with van der Waals surface area (Å²) in [7, 11) is 0. The monoisotopic (exact) mass is 160 g/mol. The van der Waals surface area contributed by atoms with Crippen molar-refractivity contribution in [2.24, 2.45) is 5.73 Å². The Morgan fingerprint density at radius 3 is 3.09 bits per heavy atom. The van der Waals surface area contributed by atoms with Crippen molar-refractivity contribution >= 4 is 0 Å². The van der Waals surface area contributed by atoms with E-state index in [1.807, 2.05) is 0 Å². The lowest BCUT2D eigenvalue weighted by molar-refractivity contribution is 0.467. The Bertz CT molecular complexity index is 93.6. The molecular formula is C9H24N2. The topological polar surface area (TPSA) is 38.0 Å². The van der Waals surface area contributed by atoms with Crippen molar-refractivity contribution in [3.8, 4) is 0 Å². The Morgan fingerprint density at radius 2 is 2.27 bits per heavy atom. The van der Waals surface area contributed by atoms with E-state index in [0.29, 0.717) is 0 Å². The van der Waals surface area contributed by atoms with Crippen molar-refractivity contribution in [3.05, 3.63) is 0 Å². The zero-order valence-electron chi connectivity index (χ0n) is 7.31. The van der Waals surface area contributed by atoms with Gasteiger partial charge in [-0.25, -0.2) is 0 Å². The molecule has 0 aromatic carbocycles. The summed E-state index contributed by atoms with van der Waals surface area (Å²) >= 11 is 0. The predicted molar refractivity (Wildman–Crippen MR) is 52.8 cm³/mol. The van der Waals surface area contributed by atoms with E-state index in [1.165, 1.54) is 45.1 Å². The molecule has 0 amide bonds. The minimum Gasteiger partial charge on any atom is -0.330 e. The van der Waals surface area contributed by atoms with Crippen molar-refractivity contribution < 1.29 is 2.85 Å². The maximum absolute atomic E-state index is 5.46. The van der Waals surface area contributed by atoms with Crippen LogP contribution in [0.25, 0.3) is 0 Å². The molecule has 0 aromatic heterocycles. The van der Waals surface area contributed by atoms with Crippen LogP contribution in [-0.4, -0.2) is 19.1 Å². The molecule has 1 atom stereocenters. The summed E-state index contributed by atoms with van der Waals surface area (Å²) in [6.45, 7) is 2.06. The van der Waals surface area contributed by atoms with Gasteiger partial charge in [-0.3, -0.25) is 0 Å². The Balaban J connectivity index is 0. The van der Waals surface area contributed by atoms with Gasteiger partial charge in [-0.1, -0.05) is 12.8 Å². The van der Waals surface area contributed by atoms with Crippen LogP contribution in [-0.2, 0) is 0 Å². The van der Waals surface area contributed by atoms with E-state index in [-0.39, 0.29) is 2.85 Å². The standard InChI is InChI=1S/C9H20N2.2H2/c10-7-4-6-9-5-2-1-3-8-11-9;;/h9,11H,1-8,10H2;2*1H/t9-;;/m0../s1. The molecule has 1 heterocycles. The highest BCUT2D eigenvalue weighted by atomic mass is 14.9. The molecule has 0 unspecified atom stereocenters. The van der Waals surface area contributed by atoms with E-state index in [9.17, 15) is 0 Å². The molecule has 1 aliphatic rings. The zero-order chi connectivity index (χ0) is 7.94. The normalized spacial score (nSPS) is 26.5. The van der Waals surface area contributed by atoms with E-state index >= 15 is 0 Å². The second-order valence-electron chi connectivity index (χ2n) is 3.43. The van der Waals surface area contributed by atoms with Crippen molar-refractivity contribution in [2.75, 3.05) is 13.1 Å². The first-order chi connectivity index (χ1) is 5.43. The summed E-state index contributed by atoms with van der Waals surface area (Å²) in [5.74, 6) is 0. The van der Waals surface area contributed by atoms with Crippen LogP contribution in [0.2, 0.25) is 0 Å². The molecule has 2 nitrogen and oxygen atoms in total. The largest absolute Gasteiger partial charge is 0.330 e. The number of rotatable bonds is 3. The van der Waals surface area contributed by atoms with Crippen LogP contribution < -0.4 is 11.1 Å². The maximum Gasteiger partial charge on any atom is 0.00675 e. The smallest absolute Gasteiger partial charge is 0.00675 e. The first-order valence-corrected chi connectivity index (χ1v) is 4.87. The molecule has 11 heavy (non-hydrogen) atoms. The van der Waals surface area contributed by atoms with Crippen LogP contribution in [0.3, 0.4) is 0 Å². The summed E-state index contributed by atoms with van der Waals surface area (Å²) in [4.78, 5) is 0. The van der Waals surface area contributed by atoms with Crippen LogP contribution in [0.5, 0.6) is 0 Å². The van der Waals surface area contributed by atoms with Gasteiger partial charge in [0, 0.05) is 8.90 Å². The van der Waals surface area contributed by atoms with E-state index in [1.54, 1.807) is 0 Å². The first-order valence-electron chi connectivity index (χ1n) is 4.87. The second-order valence-corrected chi connectivity index (χ2v) is 3.43. The molecule has 1 saturated heterocycles. The average Bonchev–Trinajstić information content (AvgIpc) is 2.28. The minimum absolute atomic E-state index is 0. The van der Waals surface area contributed by atoms with Gasteiger partial charge in [-0.05, 0) is 38.8 Å². The van der Waals surface area contributed by atoms with Crippen LogP contribution in [0, 0.1) is 0 Å². The highest BCUT2D eigenvalue weighted by Crippen LogP contribution is 2.11. The summed E-state index contributed by atoms with van der Waals surface area (Å²) in [6.07, 6.45) is 7.99. The van der Waals surface area contributed by atoms with Crippen LogP contribution in [0.15, 0.2) is 0 Å². The van der Waals surface area contributed by atoms with Crippen molar-refractivity contribution in [1.29, 1.82) is 0 Å². The molecule has 0 spiro atoms. The van der Waals surface area contributed by atoms with Crippen LogP contribution in [0.4, 0.5) is 0 Å². The van der Waals surface area contributed by atoms with Gasteiger partial charge in [0.05, 0.1) is 0 Å². The van der Waals surface area contributed by atoms with Crippen molar-refractivity contribution in [1.82, 2.24) is 5.32 Å². The van der Waals surface area contributed by atoms with Gasteiger partial charge in [0.2, 0.25) is 0 Å². The molecule has 0 aromatic rings. The number of nitrogens with one attached hydrogen (secondary N) is 1. The lowest BCUT2D eigenvalue weighted by Gasteiger charge is -2.14. The lowest BCUT2D eigenvalue weighted by atomic mass is 10.1. The third-order valence-corrected chi connectivity index (χ3v) is 2.42. The molecule has 1 rings (SSSR count). The van der Waals surface area contributed by atoms with E-state index in [0.717, 1.165) is 12.6 Å². The maximum atomic E-state index is 5.46. The average molecular weight is 160 g/mol. The van der Waals surface area contributed by atoms with Crippen molar-refractivity contribution in [2.45, 2.75) is 44.6 Å². The van der Waals surface area contributed by atoms with Crippen LogP contribution in [0.1, 0.15) is 41.4 Å². The summed E-state index contributed by atoms with van der Waals surface area (Å²) in [6, 6.07) is 0.765. The highest BCUT2D eigenvalue weighted by molar-refractivity contribution is 4.70. The molecule has 1 fully saturated rings. The number of hydrogen-bond donors (Lipinski definition) is 2. The van der Waals surface area contributed by atoms with E-state index in [4.69, 9.17) is 5.73 Å². The van der Waals surface area contributed by atoms with Gasteiger partial charge >= 0.3 is 0 Å². The summed E-state index contributed by atoms with van der Waals surface area (Å²) < 4.78 is 0. The Labute approximate surface area is 72.5 Å². The van der Waals surface area contributed by atoms with Gasteiger partial charge in [-0.15, -0.1) is 0 Å². The molecular weight excluding hydrogens is 136 g/mol. The lowest BCUT2D eigenvalue weighted by Crippen LogP contribution is -2.28. The number of hydrogen-bond acceptors (Lipinski definition) is 2. The van der Waals surface area contributed by atoms with Gasteiger partial charge in [0.15, 0.2) is 0 Å². The number of nitrogens with two attached hydrogens (primary N) is 1. The SMILES string of the molecule is NCCC[C@@H]1CCCCCN1.[HH].[HH]. The third kappa shape index (κ3) is 3.73. The first kappa shape index (κ1) is 9.01.